The molecule has 3 aromatic rings. The Hall–Kier alpha value is -3.02. The van der Waals surface area contributed by atoms with Crippen molar-refractivity contribution in [1.82, 2.24) is 9.97 Å². The maximum absolute atomic E-state index is 13.3. The number of nitrogens with zero attached hydrogens (tertiary/aromatic N) is 3. The van der Waals surface area contributed by atoms with Crippen LogP contribution in [0.15, 0.2) is 54.7 Å². The summed E-state index contributed by atoms with van der Waals surface area (Å²) in [5, 5.41) is 2.92. The highest BCUT2D eigenvalue weighted by Gasteiger charge is 2.17. The van der Waals surface area contributed by atoms with Crippen LogP contribution in [-0.4, -0.2) is 16.5 Å². The zero-order chi connectivity index (χ0) is 17.2. The van der Waals surface area contributed by atoms with Gasteiger partial charge in [0.1, 0.15) is 5.82 Å². The fourth-order valence-corrected chi connectivity index (χ4v) is 2.98. The number of nitrogens with one attached hydrogen (secondary N) is 1. The molecule has 0 saturated carbocycles. The molecule has 4 rings (SSSR count). The number of benzene rings is 2. The summed E-state index contributed by atoms with van der Waals surface area (Å²) in [5.41, 5.74) is 3.07. The van der Waals surface area contributed by atoms with Crippen LogP contribution in [0.1, 0.15) is 11.1 Å². The predicted octanol–water partition coefficient (Wildman–Crippen LogP) is 4.06. The summed E-state index contributed by atoms with van der Waals surface area (Å²) in [4.78, 5) is 10.8. The summed E-state index contributed by atoms with van der Waals surface area (Å²) in [6, 6.07) is 13.8. The van der Waals surface area contributed by atoms with Crippen molar-refractivity contribution in [3.05, 3.63) is 77.5 Å². The zero-order valence-electron chi connectivity index (χ0n) is 13.4. The average Bonchev–Trinajstić information content (AvgIpc) is 2.65. The van der Waals surface area contributed by atoms with Crippen molar-refractivity contribution in [1.29, 1.82) is 0 Å². The molecule has 0 unspecified atom stereocenters. The molecule has 4 nitrogen and oxygen atoms in total. The molecule has 1 aromatic heterocycles. The van der Waals surface area contributed by atoms with Gasteiger partial charge in [-0.25, -0.2) is 13.8 Å². The Kier molecular flexibility index (Phi) is 4.01. The lowest BCUT2D eigenvalue weighted by Gasteiger charge is -2.29. The van der Waals surface area contributed by atoms with E-state index in [1.54, 1.807) is 6.20 Å². The van der Waals surface area contributed by atoms with E-state index in [0.717, 1.165) is 37.5 Å². The van der Waals surface area contributed by atoms with Gasteiger partial charge in [-0.3, -0.25) is 0 Å². The topological polar surface area (TPSA) is 41.1 Å². The minimum absolute atomic E-state index is 0.349. The number of rotatable bonds is 3. The molecule has 0 amide bonds. The van der Waals surface area contributed by atoms with Crippen molar-refractivity contribution in [2.75, 3.05) is 16.8 Å². The summed E-state index contributed by atoms with van der Waals surface area (Å²) >= 11 is 0. The number of fused-ring (bicyclic) bond motifs is 1. The Bertz CT molecular complexity index is 913. The Morgan fingerprint density at radius 2 is 1.80 bits per heavy atom. The van der Waals surface area contributed by atoms with E-state index in [1.807, 2.05) is 12.1 Å². The first kappa shape index (κ1) is 15.5. The van der Waals surface area contributed by atoms with E-state index in [-0.39, 0.29) is 0 Å². The van der Waals surface area contributed by atoms with E-state index in [9.17, 15) is 8.78 Å². The molecule has 2 aromatic carbocycles. The highest BCUT2D eigenvalue weighted by atomic mass is 19.2. The van der Waals surface area contributed by atoms with Crippen LogP contribution in [-0.2, 0) is 13.0 Å². The lowest BCUT2D eigenvalue weighted by atomic mass is 10.00. The van der Waals surface area contributed by atoms with Crippen LogP contribution in [0.25, 0.3) is 0 Å². The predicted molar refractivity (Wildman–Crippen MR) is 92.9 cm³/mol. The lowest BCUT2D eigenvalue weighted by Crippen LogP contribution is -2.31. The van der Waals surface area contributed by atoms with Crippen LogP contribution in [0.5, 0.6) is 0 Å². The van der Waals surface area contributed by atoms with Crippen LogP contribution in [0.2, 0.25) is 0 Å². The zero-order valence-corrected chi connectivity index (χ0v) is 13.4. The maximum atomic E-state index is 13.3. The molecule has 0 bridgehead atoms. The molecule has 6 heteroatoms. The standard InChI is InChI=1S/C19H16F2N4/c20-16-6-5-15(11-17(16)21)23-19-22-9-7-18(24-19)25-10-8-13-3-1-2-4-14(13)12-25/h1-7,9,11H,8,10,12H2,(H,22,23,24). The van der Waals surface area contributed by atoms with Crippen molar-refractivity contribution in [3.8, 4) is 0 Å². The summed E-state index contributed by atoms with van der Waals surface area (Å²) < 4.78 is 26.4. The van der Waals surface area contributed by atoms with Gasteiger partial charge in [-0.2, -0.15) is 4.98 Å². The number of anilines is 3. The Morgan fingerprint density at radius 1 is 0.960 bits per heavy atom. The Labute approximate surface area is 144 Å². The third kappa shape index (κ3) is 3.28. The molecule has 1 N–H and O–H groups in total. The van der Waals surface area contributed by atoms with E-state index in [2.05, 4.69) is 38.4 Å². The number of halogens is 2. The fourth-order valence-electron chi connectivity index (χ4n) is 2.98. The molecule has 0 fully saturated rings. The monoisotopic (exact) mass is 338 g/mol. The van der Waals surface area contributed by atoms with Crippen LogP contribution in [0.3, 0.4) is 0 Å². The van der Waals surface area contributed by atoms with Crippen molar-refractivity contribution >= 4 is 17.5 Å². The van der Waals surface area contributed by atoms with Gasteiger partial charge >= 0.3 is 0 Å². The highest BCUT2D eigenvalue weighted by Crippen LogP contribution is 2.24. The molecule has 1 aliphatic rings. The number of hydrogen-bond acceptors (Lipinski definition) is 4. The first-order valence-corrected chi connectivity index (χ1v) is 8.06. The normalized spacial score (nSPS) is 13.4. The Morgan fingerprint density at radius 3 is 2.64 bits per heavy atom. The van der Waals surface area contributed by atoms with Crippen LogP contribution in [0.4, 0.5) is 26.2 Å². The van der Waals surface area contributed by atoms with Gasteiger partial charge < -0.3 is 10.2 Å². The molecule has 2 heterocycles. The van der Waals surface area contributed by atoms with E-state index in [0.29, 0.717) is 11.6 Å². The molecular weight excluding hydrogens is 322 g/mol. The highest BCUT2D eigenvalue weighted by molar-refractivity contribution is 5.55. The Balaban J connectivity index is 1.55. The van der Waals surface area contributed by atoms with E-state index in [1.165, 1.54) is 17.2 Å². The first-order chi connectivity index (χ1) is 12.2. The van der Waals surface area contributed by atoms with Crippen molar-refractivity contribution in [2.45, 2.75) is 13.0 Å². The van der Waals surface area contributed by atoms with Gasteiger partial charge in [0, 0.05) is 31.0 Å². The third-order valence-electron chi connectivity index (χ3n) is 4.27. The second kappa shape index (κ2) is 6.47. The second-order valence-electron chi connectivity index (χ2n) is 5.93. The summed E-state index contributed by atoms with van der Waals surface area (Å²) in [6.45, 7) is 1.66. The van der Waals surface area contributed by atoms with Crippen molar-refractivity contribution in [3.63, 3.8) is 0 Å². The summed E-state index contributed by atoms with van der Waals surface area (Å²) in [7, 11) is 0. The molecule has 0 aliphatic carbocycles. The number of aromatic nitrogens is 2. The largest absolute Gasteiger partial charge is 0.352 e. The molecule has 0 atom stereocenters. The smallest absolute Gasteiger partial charge is 0.229 e. The fraction of sp³-hybridized carbons (Fsp3) is 0.158. The van der Waals surface area contributed by atoms with E-state index < -0.39 is 11.6 Å². The summed E-state index contributed by atoms with van der Waals surface area (Å²) in [5.74, 6) is -0.641. The van der Waals surface area contributed by atoms with Gasteiger partial charge in [0.05, 0.1) is 0 Å². The van der Waals surface area contributed by atoms with E-state index >= 15 is 0 Å². The van der Waals surface area contributed by atoms with Crippen LogP contribution < -0.4 is 10.2 Å². The molecule has 126 valence electrons. The molecular formula is C19H16F2N4. The molecule has 25 heavy (non-hydrogen) atoms. The van der Waals surface area contributed by atoms with Crippen LogP contribution >= 0.6 is 0 Å². The van der Waals surface area contributed by atoms with Gasteiger partial charge in [-0.05, 0) is 35.7 Å². The SMILES string of the molecule is Fc1ccc(Nc2nccc(N3CCc4ccccc4C3)n2)cc1F. The molecule has 0 spiro atoms. The van der Waals surface area contributed by atoms with Crippen molar-refractivity contribution < 1.29 is 8.78 Å². The molecule has 1 aliphatic heterocycles. The average molecular weight is 338 g/mol. The van der Waals surface area contributed by atoms with Crippen LogP contribution in [0, 0.1) is 11.6 Å². The second-order valence-corrected chi connectivity index (χ2v) is 5.93. The van der Waals surface area contributed by atoms with Crippen molar-refractivity contribution in [2.24, 2.45) is 0 Å². The molecule has 0 radical (unpaired) electrons. The number of hydrogen-bond donors (Lipinski definition) is 1. The minimum Gasteiger partial charge on any atom is -0.352 e. The lowest BCUT2D eigenvalue weighted by molar-refractivity contribution is 0.509. The third-order valence-corrected chi connectivity index (χ3v) is 4.27. The summed E-state index contributed by atoms with van der Waals surface area (Å²) in [6.07, 6.45) is 2.62. The quantitative estimate of drug-likeness (QED) is 0.782. The maximum Gasteiger partial charge on any atom is 0.229 e. The van der Waals surface area contributed by atoms with Gasteiger partial charge in [0.2, 0.25) is 5.95 Å². The van der Waals surface area contributed by atoms with E-state index in [4.69, 9.17) is 0 Å². The first-order valence-electron chi connectivity index (χ1n) is 8.06. The van der Waals surface area contributed by atoms with Gasteiger partial charge in [-0.15, -0.1) is 0 Å². The van der Waals surface area contributed by atoms with Gasteiger partial charge in [0.25, 0.3) is 0 Å². The van der Waals surface area contributed by atoms with Gasteiger partial charge in [-0.1, -0.05) is 24.3 Å². The minimum atomic E-state index is -0.909. The van der Waals surface area contributed by atoms with Gasteiger partial charge in [0.15, 0.2) is 11.6 Å². The molecule has 0 saturated heterocycles.